The second-order valence-corrected chi connectivity index (χ2v) is 6.91. The number of hydrogen-bond donors (Lipinski definition) is 2. The Labute approximate surface area is 130 Å². The molecule has 1 heterocycles. The standard InChI is InChI=1S/C17H34N4/c1-4-18-17(20-16-7-5-6-8-16)19-13-15(3)21-11-9-14(2)10-12-21/h14-16H,4-13H2,1-3H3,(H2,18,19,20). The Balaban J connectivity index is 1.79. The van der Waals surface area contributed by atoms with Gasteiger partial charge in [-0.1, -0.05) is 19.8 Å². The molecule has 0 bridgehead atoms. The van der Waals surface area contributed by atoms with Gasteiger partial charge in [-0.05, 0) is 58.5 Å². The second-order valence-electron chi connectivity index (χ2n) is 6.91. The molecule has 2 N–H and O–H groups in total. The highest BCUT2D eigenvalue weighted by atomic mass is 15.2. The Morgan fingerprint density at radius 2 is 1.86 bits per heavy atom. The van der Waals surface area contributed by atoms with Gasteiger partial charge in [-0.25, -0.2) is 0 Å². The van der Waals surface area contributed by atoms with Gasteiger partial charge in [-0.2, -0.15) is 0 Å². The van der Waals surface area contributed by atoms with E-state index in [4.69, 9.17) is 4.99 Å². The largest absolute Gasteiger partial charge is 0.357 e. The van der Waals surface area contributed by atoms with Crippen molar-refractivity contribution in [2.45, 2.75) is 71.4 Å². The molecule has 4 heteroatoms. The quantitative estimate of drug-likeness (QED) is 0.605. The molecule has 0 radical (unpaired) electrons. The van der Waals surface area contributed by atoms with Gasteiger partial charge in [0.15, 0.2) is 5.96 Å². The van der Waals surface area contributed by atoms with Crippen LogP contribution in [0.4, 0.5) is 0 Å². The summed E-state index contributed by atoms with van der Waals surface area (Å²) in [6.07, 6.45) is 8.00. The van der Waals surface area contributed by atoms with Crippen LogP contribution in [0.1, 0.15) is 59.3 Å². The molecule has 0 amide bonds. The lowest BCUT2D eigenvalue weighted by Gasteiger charge is -2.34. The van der Waals surface area contributed by atoms with E-state index in [0.29, 0.717) is 12.1 Å². The highest BCUT2D eigenvalue weighted by molar-refractivity contribution is 5.80. The monoisotopic (exact) mass is 294 g/mol. The molecule has 2 rings (SSSR count). The van der Waals surface area contributed by atoms with Crippen molar-refractivity contribution in [2.75, 3.05) is 26.2 Å². The van der Waals surface area contributed by atoms with Crippen LogP contribution in [0, 0.1) is 5.92 Å². The van der Waals surface area contributed by atoms with Gasteiger partial charge in [0.2, 0.25) is 0 Å². The summed E-state index contributed by atoms with van der Waals surface area (Å²) in [4.78, 5) is 7.42. The van der Waals surface area contributed by atoms with Crippen molar-refractivity contribution < 1.29 is 0 Å². The number of aliphatic imine (C=N–C) groups is 1. The topological polar surface area (TPSA) is 39.7 Å². The number of guanidine groups is 1. The fourth-order valence-corrected chi connectivity index (χ4v) is 3.39. The van der Waals surface area contributed by atoms with Crippen LogP contribution in [-0.4, -0.2) is 49.1 Å². The van der Waals surface area contributed by atoms with Gasteiger partial charge in [0.25, 0.3) is 0 Å². The highest BCUT2D eigenvalue weighted by Crippen LogP contribution is 2.18. The molecule has 122 valence electrons. The number of rotatable bonds is 5. The van der Waals surface area contributed by atoms with Crippen LogP contribution in [0.15, 0.2) is 4.99 Å². The third-order valence-corrected chi connectivity index (χ3v) is 5.00. The van der Waals surface area contributed by atoms with Crippen molar-refractivity contribution in [1.29, 1.82) is 0 Å². The first kappa shape index (κ1) is 16.6. The van der Waals surface area contributed by atoms with Crippen LogP contribution in [0.2, 0.25) is 0 Å². The molecular weight excluding hydrogens is 260 g/mol. The Hall–Kier alpha value is -0.770. The zero-order valence-corrected chi connectivity index (χ0v) is 14.2. The van der Waals surface area contributed by atoms with Crippen LogP contribution in [0.25, 0.3) is 0 Å². The van der Waals surface area contributed by atoms with E-state index in [1.54, 1.807) is 0 Å². The minimum Gasteiger partial charge on any atom is -0.357 e. The van der Waals surface area contributed by atoms with Crippen molar-refractivity contribution in [2.24, 2.45) is 10.9 Å². The summed E-state index contributed by atoms with van der Waals surface area (Å²) in [5.74, 6) is 1.92. The molecule has 1 unspecified atom stereocenters. The average Bonchev–Trinajstić information content (AvgIpc) is 2.98. The first-order valence-electron chi connectivity index (χ1n) is 8.98. The van der Waals surface area contributed by atoms with Crippen LogP contribution in [0.5, 0.6) is 0 Å². The van der Waals surface area contributed by atoms with Gasteiger partial charge in [-0.15, -0.1) is 0 Å². The smallest absolute Gasteiger partial charge is 0.191 e. The van der Waals surface area contributed by atoms with E-state index < -0.39 is 0 Å². The normalized spacial score (nSPS) is 24.2. The van der Waals surface area contributed by atoms with E-state index >= 15 is 0 Å². The first-order valence-corrected chi connectivity index (χ1v) is 8.98. The van der Waals surface area contributed by atoms with Crippen LogP contribution >= 0.6 is 0 Å². The zero-order chi connectivity index (χ0) is 15.1. The lowest BCUT2D eigenvalue weighted by molar-refractivity contribution is 0.150. The Bertz CT molecular complexity index is 315. The van der Waals surface area contributed by atoms with Gasteiger partial charge >= 0.3 is 0 Å². The van der Waals surface area contributed by atoms with Gasteiger partial charge in [0, 0.05) is 18.6 Å². The summed E-state index contributed by atoms with van der Waals surface area (Å²) in [6, 6.07) is 1.19. The molecular formula is C17H34N4. The zero-order valence-electron chi connectivity index (χ0n) is 14.2. The molecule has 2 fully saturated rings. The summed E-state index contributed by atoms with van der Waals surface area (Å²) in [7, 11) is 0. The predicted octanol–water partition coefficient (Wildman–Crippen LogP) is 2.60. The molecule has 1 aliphatic carbocycles. The molecule has 1 saturated heterocycles. The lowest BCUT2D eigenvalue weighted by atomic mass is 9.98. The van der Waals surface area contributed by atoms with Crippen LogP contribution < -0.4 is 10.6 Å². The van der Waals surface area contributed by atoms with Crippen LogP contribution in [0.3, 0.4) is 0 Å². The van der Waals surface area contributed by atoms with E-state index in [1.807, 2.05) is 0 Å². The van der Waals surface area contributed by atoms with Crippen molar-refractivity contribution in [3.05, 3.63) is 0 Å². The third-order valence-electron chi connectivity index (χ3n) is 5.00. The SMILES string of the molecule is CCNC(=NCC(C)N1CCC(C)CC1)NC1CCCC1. The molecule has 0 aromatic carbocycles. The summed E-state index contributed by atoms with van der Waals surface area (Å²) in [5.41, 5.74) is 0. The summed E-state index contributed by atoms with van der Waals surface area (Å²) >= 11 is 0. The fraction of sp³-hybridized carbons (Fsp3) is 0.941. The van der Waals surface area contributed by atoms with Gasteiger partial charge in [0.1, 0.15) is 0 Å². The summed E-state index contributed by atoms with van der Waals surface area (Å²) in [6.45, 7) is 11.1. The van der Waals surface area contributed by atoms with Crippen molar-refractivity contribution in [3.8, 4) is 0 Å². The molecule has 2 aliphatic rings. The van der Waals surface area contributed by atoms with Gasteiger partial charge in [0.05, 0.1) is 6.54 Å². The summed E-state index contributed by atoms with van der Waals surface area (Å²) in [5, 5.41) is 7.00. The maximum absolute atomic E-state index is 4.82. The van der Waals surface area contributed by atoms with E-state index in [1.165, 1.54) is 51.6 Å². The number of piperidine rings is 1. The first-order chi connectivity index (χ1) is 10.2. The Kier molecular flexibility index (Phi) is 6.81. The second kappa shape index (κ2) is 8.62. The molecule has 4 nitrogen and oxygen atoms in total. The lowest BCUT2D eigenvalue weighted by Crippen LogP contribution is -2.44. The van der Waals surface area contributed by atoms with Crippen molar-refractivity contribution >= 4 is 5.96 Å². The Morgan fingerprint density at radius 1 is 1.19 bits per heavy atom. The number of likely N-dealkylation sites (tertiary alicyclic amines) is 1. The molecule has 0 aromatic heterocycles. The number of nitrogens with zero attached hydrogens (tertiary/aromatic N) is 2. The van der Waals surface area contributed by atoms with Crippen molar-refractivity contribution in [3.63, 3.8) is 0 Å². The average molecular weight is 294 g/mol. The molecule has 21 heavy (non-hydrogen) atoms. The highest BCUT2D eigenvalue weighted by Gasteiger charge is 2.20. The van der Waals surface area contributed by atoms with E-state index in [2.05, 4.69) is 36.3 Å². The summed E-state index contributed by atoms with van der Waals surface area (Å²) < 4.78 is 0. The molecule has 1 aliphatic heterocycles. The number of nitrogens with one attached hydrogen (secondary N) is 2. The molecule has 0 aromatic rings. The van der Waals surface area contributed by atoms with Gasteiger partial charge in [-0.3, -0.25) is 9.89 Å². The molecule has 1 saturated carbocycles. The molecule has 1 atom stereocenters. The molecule has 0 spiro atoms. The fourth-order valence-electron chi connectivity index (χ4n) is 3.39. The minimum absolute atomic E-state index is 0.552. The van der Waals surface area contributed by atoms with Gasteiger partial charge < -0.3 is 10.6 Å². The predicted molar refractivity (Wildman–Crippen MR) is 90.8 cm³/mol. The maximum Gasteiger partial charge on any atom is 0.191 e. The van der Waals surface area contributed by atoms with E-state index in [0.717, 1.165) is 25.0 Å². The minimum atomic E-state index is 0.552. The third kappa shape index (κ3) is 5.50. The van der Waals surface area contributed by atoms with E-state index in [-0.39, 0.29) is 0 Å². The number of hydrogen-bond acceptors (Lipinski definition) is 2. The maximum atomic E-state index is 4.82. The van der Waals surface area contributed by atoms with Crippen LogP contribution in [-0.2, 0) is 0 Å². The van der Waals surface area contributed by atoms with Crippen molar-refractivity contribution in [1.82, 2.24) is 15.5 Å². The Morgan fingerprint density at radius 3 is 2.48 bits per heavy atom. The van der Waals surface area contributed by atoms with E-state index in [9.17, 15) is 0 Å².